The predicted molar refractivity (Wildman–Crippen MR) is 125 cm³/mol. The van der Waals surface area contributed by atoms with Crippen LogP contribution in [-0.4, -0.2) is 37.9 Å². The lowest BCUT2D eigenvalue weighted by Crippen LogP contribution is -2.28. The van der Waals surface area contributed by atoms with E-state index in [0.717, 1.165) is 30.5 Å². The number of anilines is 1. The first-order chi connectivity index (χ1) is 15.1. The van der Waals surface area contributed by atoms with E-state index in [1.54, 1.807) is 16.5 Å². The molecule has 0 saturated carbocycles. The Balaban J connectivity index is 1.67. The Morgan fingerprint density at radius 1 is 1.03 bits per heavy atom. The number of aromatic nitrogens is 4. The van der Waals surface area contributed by atoms with E-state index in [2.05, 4.69) is 17.1 Å². The van der Waals surface area contributed by atoms with Crippen molar-refractivity contribution in [3.63, 3.8) is 0 Å². The number of unbranched alkanes of at least 4 members (excludes halogenated alkanes) is 2. The Bertz CT molecular complexity index is 1270. The van der Waals surface area contributed by atoms with E-state index in [1.807, 2.05) is 59.0 Å². The standard InChI is InChI=1S/C23H25N5O2S/c1-3-4-10-15-27-21(30)18-13-8-9-14-19(18)28-22(27)24-25-23(28)31-16-20(29)26(2)17-11-6-5-7-12-17/h5-9,11-14H,3-4,10,15-16H2,1-2H3. The van der Waals surface area contributed by atoms with Crippen molar-refractivity contribution in [1.29, 1.82) is 0 Å². The molecule has 2 aromatic heterocycles. The van der Waals surface area contributed by atoms with E-state index < -0.39 is 0 Å². The fraction of sp³-hybridized carbons (Fsp3) is 0.304. The summed E-state index contributed by atoms with van der Waals surface area (Å²) in [4.78, 5) is 27.4. The highest BCUT2D eigenvalue weighted by Gasteiger charge is 2.18. The van der Waals surface area contributed by atoms with Crippen LogP contribution in [-0.2, 0) is 11.3 Å². The lowest BCUT2D eigenvalue weighted by molar-refractivity contribution is -0.115. The molecule has 1 amide bonds. The number of carbonyl (C=O) groups excluding carboxylic acids is 1. The van der Waals surface area contributed by atoms with Gasteiger partial charge in [0.15, 0.2) is 5.16 Å². The van der Waals surface area contributed by atoms with Crippen molar-refractivity contribution in [3.05, 3.63) is 65.0 Å². The zero-order valence-electron chi connectivity index (χ0n) is 17.7. The summed E-state index contributed by atoms with van der Waals surface area (Å²) in [7, 11) is 1.76. The van der Waals surface area contributed by atoms with Crippen LogP contribution < -0.4 is 10.5 Å². The van der Waals surface area contributed by atoms with Crippen molar-refractivity contribution in [2.75, 3.05) is 17.7 Å². The van der Waals surface area contributed by atoms with Crippen LogP contribution in [0.3, 0.4) is 0 Å². The molecule has 0 bridgehead atoms. The average Bonchev–Trinajstić information content (AvgIpc) is 3.23. The molecule has 0 aliphatic rings. The summed E-state index contributed by atoms with van der Waals surface area (Å²) in [5, 5.41) is 9.87. The number of hydrogen-bond acceptors (Lipinski definition) is 5. The van der Waals surface area contributed by atoms with Gasteiger partial charge in [-0.2, -0.15) is 0 Å². The molecule has 2 aromatic carbocycles. The smallest absolute Gasteiger partial charge is 0.262 e. The van der Waals surface area contributed by atoms with E-state index in [-0.39, 0.29) is 17.2 Å². The molecule has 0 fully saturated rings. The van der Waals surface area contributed by atoms with Crippen molar-refractivity contribution in [1.82, 2.24) is 19.2 Å². The van der Waals surface area contributed by atoms with Crippen molar-refractivity contribution in [3.8, 4) is 0 Å². The van der Waals surface area contributed by atoms with Gasteiger partial charge in [0.05, 0.1) is 16.7 Å². The lowest BCUT2D eigenvalue weighted by Gasteiger charge is -2.16. The van der Waals surface area contributed by atoms with Crippen LogP contribution >= 0.6 is 11.8 Å². The molecule has 0 unspecified atom stereocenters. The summed E-state index contributed by atoms with van der Waals surface area (Å²) in [5.74, 6) is 0.704. The van der Waals surface area contributed by atoms with Crippen LogP contribution in [0.4, 0.5) is 5.69 Å². The molecule has 0 saturated heterocycles. The minimum Gasteiger partial charge on any atom is -0.315 e. The summed E-state index contributed by atoms with van der Waals surface area (Å²) in [6.45, 7) is 2.73. The monoisotopic (exact) mass is 435 g/mol. The number of carbonyl (C=O) groups is 1. The first-order valence-electron chi connectivity index (χ1n) is 10.4. The van der Waals surface area contributed by atoms with Crippen LogP contribution in [0.25, 0.3) is 16.7 Å². The van der Waals surface area contributed by atoms with E-state index in [9.17, 15) is 9.59 Å². The number of benzene rings is 2. The second-order valence-electron chi connectivity index (χ2n) is 7.38. The zero-order chi connectivity index (χ0) is 21.8. The Hall–Kier alpha value is -3.13. The maximum absolute atomic E-state index is 13.1. The van der Waals surface area contributed by atoms with Crippen LogP contribution in [0, 0.1) is 0 Å². The molecule has 0 spiro atoms. The normalized spacial score (nSPS) is 11.3. The second kappa shape index (κ2) is 9.34. The van der Waals surface area contributed by atoms with E-state index >= 15 is 0 Å². The van der Waals surface area contributed by atoms with Gasteiger partial charge < -0.3 is 4.90 Å². The third-order valence-electron chi connectivity index (χ3n) is 5.31. The first kappa shape index (κ1) is 21.1. The molecule has 0 atom stereocenters. The fourth-order valence-electron chi connectivity index (χ4n) is 3.57. The van der Waals surface area contributed by atoms with E-state index in [1.165, 1.54) is 11.8 Å². The quantitative estimate of drug-likeness (QED) is 0.309. The SMILES string of the molecule is CCCCCn1c(=O)c2ccccc2n2c(SCC(=O)N(C)c3ccccc3)nnc12. The number of hydrogen-bond donors (Lipinski definition) is 0. The van der Waals surface area contributed by atoms with Gasteiger partial charge in [0.1, 0.15) is 0 Å². The number of rotatable bonds is 8. The molecular formula is C23H25N5O2S. The second-order valence-corrected chi connectivity index (χ2v) is 8.32. The molecule has 7 nitrogen and oxygen atoms in total. The highest BCUT2D eigenvalue weighted by Crippen LogP contribution is 2.23. The largest absolute Gasteiger partial charge is 0.315 e. The molecule has 4 aromatic rings. The Labute approximate surface area is 184 Å². The zero-order valence-corrected chi connectivity index (χ0v) is 18.5. The van der Waals surface area contributed by atoms with E-state index in [0.29, 0.717) is 22.9 Å². The van der Waals surface area contributed by atoms with Gasteiger partial charge in [0.25, 0.3) is 5.56 Å². The molecule has 4 rings (SSSR count). The number of amides is 1. The van der Waals surface area contributed by atoms with Crippen molar-refractivity contribution in [2.45, 2.75) is 37.9 Å². The maximum Gasteiger partial charge on any atom is 0.262 e. The molecule has 0 aliphatic heterocycles. The van der Waals surface area contributed by atoms with Crippen LogP contribution in [0.5, 0.6) is 0 Å². The fourth-order valence-corrected chi connectivity index (χ4v) is 4.42. The summed E-state index contributed by atoms with van der Waals surface area (Å²) in [6.07, 6.45) is 3.02. The molecule has 8 heteroatoms. The van der Waals surface area contributed by atoms with Crippen LogP contribution in [0.15, 0.2) is 64.5 Å². The Morgan fingerprint density at radius 3 is 2.55 bits per heavy atom. The third kappa shape index (κ3) is 4.20. The third-order valence-corrected chi connectivity index (χ3v) is 6.22. The number of para-hydroxylation sites is 2. The summed E-state index contributed by atoms with van der Waals surface area (Å²) in [5.41, 5.74) is 1.54. The van der Waals surface area contributed by atoms with Gasteiger partial charge in [-0.3, -0.25) is 18.6 Å². The van der Waals surface area contributed by atoms with Gasteiger partial charge >= 0.3 is 0 Å². The van der Waals surface area contributed by atoms with Gasteiger partial charge in [-0.25, -0.2) is 0 Å². The predicted octanol–water partition coefficient (Wildman–Crippen LogP) is 3.99. The number of aryl methyl sites for hydroxylation is 1. The molecule has 2 heterocycles. The van der Waals surface area contributed by atoms with Crippen molar-refractivity contribution >= 4 is 40.0 Å². The topological polar surface area (TPSA) is 72.5 Å². The molecule has 160 valence electrons. The van der Waals surface area contributed by atoms with Crippen molar-refractivity contribution < 1.29 is 4.79 Å². The van der Waals surface area contributed by atoms with Crippen LogP contribution in [0.1, 0.15) is 26.2 Å². The van der Waals surface area contributed by atoms with Crippen LogP contribution in [0.2, 0.25) is 0 Å². The van der Waals surface area contributed by atoms with Crippen molar-refractivity contribution in [2.24, 2.45) is 0 Å². The lowest BCUT2D eigenvalue weighted by atomic mass is 10.2. The van der Waals surface area contributed by atoms with Gasteiger partial charge in [0.2, 0.25) is 11.7 Å². The van der Waals surface area contributed by atoms with Gasteiger partial charge in [-0.05, 0) is 30.7 Å². The molecule has 31 heavy (non-hydrogen) atoms. The maximum atomic E-state index is 13.1. The minimum atomic E-state index is -0.0527. The van der Waals surface area contributed by atoms with Gasteiger partial charge in [-0.1, -0.05) is 61.9 Å². The molecule has 0 N–H and O–H groups in total. The summed E-state index contributed by atoms with van der Waals surface area (Å²) in [6, 6.07) is 17.0. The number of nitrogens with zero attached hydrogens (tertiary/aromatic N) is 5. The molecular weight excluding hydrogens is 410 g/mol. The van der Waals surface area contributed by atoms with E-state index in [4.69, 9.17) is 0 Å². The molecule has 0 aliphatic carbocycles. The Kier molecular flexibility index (Phi) is 6.36. The van der Waals surface area contributed by atoms with Gasteiger partial charge in [0, 0.05) is 19.3 Å². The van der Waals surface area contributed by atoms with Gasteiger partial charge in [-0.15, -0.1) is 10.2 Å². The first-order valence-corrected chi connectivity index (χ1v) is 11.4. The number of thioether (sulfide) groups is 1. The Morgan fingerprint density at radius 2 is 1.77 bits per heavy atom. The minimum absolute atomic E-state index is 0.0338. The highest BCUT2D eigenvalue weighted by molar-refractivity contribution is 7.99. The number of fused-ring (bicyclic) bond motifs is 3. The highest BCUT2D eigenvalue weighted by atomic mass is 32.2. The molecule has 0 radical (unpaired) electrons. The summed E-state index contributed by atoms with van der Waals surface area (Å²) < 4.78 is 3.59. The summed E-state index contributed by atoms with van der Waals surface area (Å²) >= 11 is 1.33. The average molecular weight is 436 g/mol.